The van der Waals surface area contributed by atoms with Crippen LogP contribution in [0, 0.1) is 0 Å². The van der Waals surface area contributed by atoms with E-state index in [0.29, 0.717) is 0 Å². The molecule has 0 aliphatic heterocycles. The van der Waals surface area contributed by atoms with Crippen molar-refractivity contribution in [2.24, 2.45) is 0 Å². The Morgan fingerprint density at radius 3 is 2.53 bits per heavy atom. The minimum Gasteiger partial charge on any atom is -0.368 e. The van der Waals surface area contributed by atoms with E-state index in [9.17, 15) is 13.2 Å². The van der Waals surface area contributed by atoms with Gasteiger partial charge in [0.25, 0.3) is 0 Å². The van der Waals surface area contributed by atoms with Crippen LogP contribution in [-0.2, 0) is 6.18 Å². The molecule has 0 aliphatic carbocycles. The highest BCUT2D eigenvalue weighted by Crippen LogP contribution is 2.31. The van der Waals surface area contributed by atoms with E-state index in [2.05, 4.69) is 15.3 Å². The lowest BCUT2D eigenvalue weighted by Gasteiger charge is -2.10. The lowest BCUT2D eigenvalue weighted by atomic mass is 10.2. The number of hydrogen-bond acceptors (Lipinski definition) is 4. The molecule has 1 aromatic heterocycles. The van der Waals surface area contributed by atoms with E-state index in [1.807, 2.05) is 0 Å². The number of nitrogen functional groups attached to an aromatic ring is 1. The van der Waals surface area contributed by atoms with Gasteiger partial charge in [0.1, 0.15) is 11.0 Å². The summed E-state index contributed by atoms with van der Waals surface area (Å²) in [5, 5.41) is 2.78. The fraction of sp³-hybridized carbons (Fsp3) is 0.0909. The van der Waals surface area contributed by atoms with Gasteiger partial charge >= 0.3 is 6.18 Å². The Hall–Kier alpha value is -2.02. The fourth-order valence-electron chi connectivity index (χ4n) is 1.42. The normalized spacial score (nSPS) is 11.4. The average molecular weight is 289 g/mol. The molecule has 4 nitrogen and oxygen atoms in total. The van der Waals surface area contributed by atoms with E-state index in [1.54, 1.807) is 0 Å². The van der Waals surface area contributed by atoms with Crippen LogP contribution >= 0.6 is 11.6 Å². The number of hydrogen-bond donors (Lipinski definition) is 2. The molecule has 0 bridgehead atoms. The summed E-state index contributed by atoms with van der Waals surface area (Å²) in [5.74, 6) is 0.152. The average Bonchev–Trinajstić information content (AvgIpc) is 2.26. The summed E-state index contributed by atoms with van der Waals surface area (Å²) in [7, 11) is 0. The maximum absolute atomic E-state index is 12.5. The number of aromatic nitrogens is 2. The highest BCUT2D eigenvalue weighted by Gasteiger charge is 2.30. The molecule has 2 aromatic rings. The summed E-state index contributed by atoms with van der Waals surface area (Å²) in [5.41, 5.74) is 4.85. The fourth-order valence-corrected chi connectivity index (χ4v) is 1.61. The number of halogens is 4. The second kappa shape index (κ2) is 4.93. The molecule has 1 aromatic carbocycles. The summed E-state index contributed by atoms with van der Waals surface area (Å²) in [4.78, 5) is 7.46. The van der Waals surface area contributed by atoms with E-state index >= 15 is 0 Å². The molecule has 0 spiro atoms. The van der Waals surface area contributed by atoms with Gasteiger partial charge < -0.3 is 11.1 Å². The number of nitrogens with one attached hydrogen (secondary N) is 1. The zero-order chi connectivity index (χ0) is 14.0. The molecular weight excluding hydrogens is 281 g/mol. The van der Waals surface area contributed by atoms with Gasteiger partial charge in [-0.15, -0.1) is 0 Å². The highest BCUT2D eigenvalue weighted by molar-refractivity contribution is 6.29. The standard InChI is InChI=1S/C11H8ClF3N4/c12-8-5-9(19-10(16)18-8)17-7-3-1-2-6(4-7)11(13,14)15/h1-5H,(H3,16,17,18,19). The Bertz CT molecular complexity index is 580. The number of alkyl halides is 3. The molecule has 1 heterocycles. The van der Waals surface area contributed by atoms with Gasteiger partial charge in [-0.05, 0) is 18.2 Å². The highest BCUT2D eigenvalue weighted by atomic mass is 35.5. The Labute approximate surface area is 111 Å². The Morgan fingerprint density at radius 1 is 1.16 bits per heavy atom. The second-order valence-corrected chi connectivity index (χ2v) is 4.02. The van der Waals surface area contributed by atoms with E-state index in [-0.39, 0.29) is 22.6 Å². The Kier molecular flexibility index (Phi) is 3.48. The van der Waals surface area contributed by atoms with E-state index in [4.69, 9.17) is 17.3 Å². The lowest BCUT2D eigenvalue weighted by Crippen LogP contribution is -2.05. The number of nitrogens with zero attached hydrogens (tertiary/aromatic N) is 2. The largest absolute Gasteiger partial charge is 0.416 e. The molecule has 0 saturated heterocycles. The molecule has 2 rings (SSSR count). The van der Waals surface area contributed by atoms with Crippen molar-refractivity contribution in [2.45, 2.75) is 6.18 Å². The SMILES string of the molecule is Nc1nc(Cl)cc(Nc2cccc(C(F)(F)F)c2)n1. The summed E-state index contributed by atoms with van der Waals surface area (Å²) < 4.78 is 37.6. The van der Waals surface area contributed by atoms with Crippen molar-refractivity contribution in [1.29, 1.82) is 0 Å². The molecule has 0 fully saturated rings. The molecule has 100 valence electrons. The maximum Gasteiger partial charge on any atom is 0.416 e. The first-order chi connectivity index (χ1) is 8.84. The van der Waals surface area contributed by atoms with Crippen molar-refractivity contribution in [3.05, 3.63) is 41.0 Å². The molecule has 0 saturated carbocycles. The van der Waals surface area contributed by atoms with Crippen LogP contribution in [-0.4, -0.2) is 9.97 Å². The van der Waals surface area contributed by atoms with Gasteiger partial charge in [-0.25, -0.2) is 4.98 Å². The number of benzene rings is 1. The zero-order valence-electron chi connectivity index (χ0n) is 9.37. The van der Waals surface area contributed by atoms with Crippen LogP contribution < -0.4 is 11.1 Å². The van der Waals surface area contributed by atoms with Crippen LogP contribution in [0.2, 0.25) is 5.15 Å². The molecule has 0 atom stereocenters. The summed E-state index contributed by atoms with van der Waals surface area (Å²) in [6.07, 6.45) is -4.40. The summed E-state index contributed by atoms with van der Waals surface area (Å²) >= 11 is 5.67. The van der Waals surface area contributed by atoms with Crippen molar-refractivity contribution < 1.29 is 13.2 Å². The summed E-state index contributed by atoms with van der Waals surface area (Å²) in [6, 6.07) is 6.07. The number of anilines is 3. The van der Waals surface area contributed by atoms with Gasteiger partial charge in [0.2, 0.25) is 5.95 Å². The second-order valence-electron chi connectivity index (χ2n) is 3.64. The third-order valence-corrected chi connectivity index (χ3v) is 2.37. The van der Waals surface area contributed by atoms with Gasteiger partial charge in [0.15, 0.2) is 0 Å². The maximum atomic E-state index is 12.5. The van der Waals surface area contributed by atoms with Crippen molar-refractivity contribution in [3.8, 4) is 0 Å². The first-order valence-corrected chi connectivity index (χ1v) is 5.47. The molecule has 8 heteroatoms. The Morgan fingerprint density at radius 2 is 1.89 bits per heavy atom. The third kappa shape index (κ3) is 3.47. The molecule has 0 aliphatic rings. The summed E-state index contributed by atoms with van der Waals surface area (Å²) in [6.45, 7) is 0. The molecular formula is C11H8ClF3N4. The van der Waals surface area contributed by atoms with Gasteiger partial charge in [-0.3, -0.25) is 0 Å². The number of rotatable bonds is 2. The Balaban J connectivity index is 2.28. The topological polar surface area (TPSA) is 63.8 Å². The molecule has 3 N–H and O–H groups in total. The minimum absolute atomic E-state index is 0.0676. The van der Waals surface area contributed by atoms with Crippen molar-refractivity contribution in [3.63, 3.8) is 0 Å². The predicted octanol–water partition coefficient (Wildman–Crippen LogP) is 3.47. The van der Waals surface area contributed by atoms with E-state index in [1.165, 1.54) is 18.2 Å². The van der Waals surface area contributed by atoms with Gasteiger partial charge in [0.05, 0.1) is 5.56 Å². The quantitative estimate of drug-likeness (QED) is 0.831. The molecule has 0 unspecified atom stereocenters. The third-order valence-electron chi connectivity index (χ3n) is 2.17. The first kappa shape index (κ1) is 13.4. The van der Waals surface area contributed by atoms with Crippen molar-refractivity contribution >= 4 is 29.1 Å². The van der Waals surface area contributed by atoms with Crippen LogP contribution in [0.25, 0.3) is 0 Å². The van der Waals surface area contributed by atoms with Crippen LogP contribution in [0.5, 0.6) is 0 Å². The van der Waals surface area contributed by atoms with Gasteiger partial charge in [-0.1, -0.05) is 17.7 Å². The molecule has 19 heavy (non-hydrogen) atoms. The molecule has 0 amide bonds. The lowest BCUT2D eigenvalue weighted by molar-refractivity contribution is -0.137. The van der Waals surface area contributed by atoms with Crippen LogP contribution in [0.1, 0.15) is 5.56 Å². The smallest absolute Gasteiger partial charge is 0.368 e. The monoisotopic (exact) mass is 288 g/mol. The van der Waals surface area contributed by atoms with Crippen LogP contribution in [0.3, 0.4) is 0 Å². The van der Waals surface area contributed by atoms with E-state index < -0.39 is 11.7 Å². The van der Waals surface area contributed by atoms with Gasteiger partial charge in [0, 0.05) is 11.8 Å². The van der Waals surface area contributed by atoms with Crippen molar-refractivity contribution in [1.82, 2.24) is 9.97 Å². The van der Waals surface area contributed by atoms with Crippen LogP contribution in [0.4, 0.5) is 30.6 Å². The predicted molar refractivity (Wildman–Crippen MR) is 66.2 cm³/mol. The van der Waals surface area contributed by atoms with E-state index in [0.717, 1.165) is 12.1 Å². The molecule has 0 radical (unpaired) electrons. The zero-order valence-corrected chi connectivity index (χ0v) is 10.1. The first-order valence-electron chi connectivity index (χ1n) is 5.09. The van der Waals surface area contributed by atoms with Crippen LogP contribution in [0.15, 0.2) is 30.3 Å². The number of nitrogens with two attached hydrogens (primary N) is 1. The minimum atomic E-state index is -4.40. The van der Waals surface area contributed by atoms with Gasteiger partial charge in [-0.2, -0.15) is 18.2 Å². The van der Waals surface area contributed by atoms with Crippen molar-refractivity contribution in [2.75, 3.05) is 11.1 Å².